The molecule has 34 heavy (non-hydrogen) atoms. The van der Waals surface area contributed by atoms with Crippen LogP contribution in [0.2, 0.25) is 0 Å². The van der Waals surface area contributed by atoms with E-state index < -0.39 is 0 Å². The molecule has 2 N–H and O–H groups in total. The van der Waals surface area contributed by atoms with E-state index in [4.69, 9.17) is 14.6 Å². The van der Waals surface area contributed by atoms with E-state index in [9.17, 15) is 4.79 Å². The van der Waals surface area contributed by atoms with Gasteiger partial charge in [-0.25, -0.2) is 0 Å². The molecule has 4 heterocycles. The first-order valence-electron chi connectivity index (χ1n) is 11.3. The molecule has 2 aromatic heterocycles. The molecule has 2 saturated heterocycles. The van der Waals surface area contributed by atoms with Gasteiger partial charge in [-0.2, -0.15) is 5.10 Å². The maximum Gasteiger partial charge on any atom is 0.290 e. The number of hydrogen-bond acceptors (Lipinski definition) is 8. The Balaban J connectivity index is 0.000000868. The normalized spacial score (nSPS) is 17.6. The molecule has 1 atom stereocenters. The lowest BCUT2D eigenvalue weighted by Crippen LogP contribution is -2.50. The Morgan fingerprint density at radius 3 is 2.82 bits per heavy atom. The molecular weight excluding hydrogens is 438 g/mol. The number of benzene rings is 1. The summed E-state index contributed by atoms with van der Waals surface area (Å²) in [5, 5.41) is 23.6. The van der Waals surface area contributed by atoms with Crippen LogP contribution in [0.15, 0.2) is 30.5 Å². The molecule has 1 unspecified atom stereocenters. The molecule has 0 saturated carbocycles. The summed E-state index contributed by atoms with van der Waals surface area (Å²) in [6.07, 6.45) is 4.41. The Hall–Kier alpha value is -3.73. The van der Waals surface area contributed by atoms with Gasteiger partial charge in [0.15, 0.2) is 11.6 Å². The molecule has 0 spiro atoms. The second-order valence-electron chi connectivity index (χ2n) is 8.26. The number of rotatable bonds is 5. The predicted molar refractivity (Wildman–Crippen MR) is 127 cm³/mol. The minimum atomic E-state index is -0.282. The van der Waals surface area contributed by atoms with Crippen LogP contribution in [0.5, 0.6) is 5.75 Å². The van der Waals surface area contributed by atoms with Gasteiger partial charge in [-0.3, -0.25) is 19.2 Å². The molecule has 0 bridgehead atoms. The predicted octanol–water partition coefficient (Wildman–Crippen LogP) is 2.00. The molecule has 1 aromatic carbocycles. The fourth-order valence-electron chi connectivity index (χ4n) is 4.57. The summed E-state index contributed by atoms with van der Waals surface area (Å²) >= 11 is 0. The molecule has 1 amide bonds. The highest BCUT2D eigenvalue weighted by molar-refractivity contribution is 6.08. The Labute approximate surface area is 197 Å². The lowest BCUT2D eigenvalue weighted by atomic mass is 10.1. The van der Waals surface area contributed by atoms with Crippen molar-refractivity contribution >= 4 is 34.9 Å². The SMILES string of the molecule is CCOc1cc2nn(C)cc2cc1C(=O)Nc1ccc(N2CCN3CCCC3C2)nn1.O=CO. The van der Waals surface area contributed by atoms with Gasteiger partial charge in [-0.05, 0) is 44.5 Å². The smallest absolute Gasteiger partial charge is 0.290 e. The van der Waals surface area contributed by atoms with Gasteiger partial charge in [0.1, 0.15) is 5.75 Å². The molecule has 3 aromatic rings. The third kappa shape index (κ3) is 5.09. The van der Waals surface area contributed by atoms with Crippen LogP contribution in [0, 0.1) is 0 Å². The summed E-state index contributed by atoms with van der Waals surface area (Å²) in [6, 6.07) is 7.95. The van der Waals surface area contributed by atoms with E-state index in [1.54, 1.807) is 16.8 Å². The number of nitrogens with zero attached hydrogens (tertiary/aromatic N) is 6. The van der Waals surface area contributed by atoms with Gasteiger partial charge in [0.05, 0.1) is 17.7 Å². The summed E-state index contributed by atoms with van der Waals surface area (Å²) in [7, 11) is 1.85. The van der Waals surface area contributed by atoms with E-state index in [1.165, 1.54) is 19.4 Å². The Kier molecular flexibility index (Phi) is 7.21. The maximum atomic E-state index is 13.0. The first-order valence-corrected chi connectivity index (χ1v) is 11.3. The van der Waals surface area contributed by atoms with E-state index in [-0.39, 0.29) is 12.4 Å². The summed E-state index contributed by atoms with van der Waals surface area (Å²) in [4.78, 5) is 26.2. The fraction of sp³-hybridized carbons (Fsp3) is 0.435. The number of amides is 1. The number of carbonyl (C=O) groups is 2. The van der Waals surface area contributed by atoms with Crippen LogP contribution in [0.3, 0.4) is 0 Å². The van der Waals surface area contributed by atoms with Gasteiger partial charge >= 0.3 is 0 Å². The van der Waals surface area contributed by atoms with Crippen LogP contribution in [0.4, 0.5) is 11.6 Å². The van der Waals surface area contributed by atoms with Crippen molar-refractivity contribution in [3.05, 3.63) is 36.0 Å². The van der Waals surface area contributed by atoms with Gasteiger partial charge < -0.3 is 20.1 Å². The minimum absolute atomic E-state index is 0.250. The standard InChI is InChI=1S/C22H27N7O2.CH2O2/c1-3-31-19-12-18-15(13-27(2)26-18)11-17(19)22(30)23-20-6-7-21(25-24-20)29-10-9-28-8-4-5-16(28)14-29;2-1-3/h6-7,11-13,16H,3-5,8-10,14H2,1-2H3,(H,23,24,30);1H,(H,2,3). The van der Waals surface area contributed by atoms with Gasteiger partial charge in [0.2, 0.25) is 0 Å². The quantitative estimate of drug-likeness (QED) is 0.542. The third-order valence-electron chi connectivity index (χ3n) is 6.07. The lowest BCUT2D eigenvalue weighted by molar-refractivity contribution is -0.122. The largest absolute Gasteiger partial charge is 0.493 e. The highest BCUT2D eigenvalue weighted by Crippen LogP contribution is 2.27. The van der Waals surface area contributed by atoms with Crippen molar-refractivity contribution in [1.82, 2.24) is 24.9 Å². The van der Waals surface area contributed by atoms with Crippen LogP contribution in [-0.2, 0) is 11.8 Å². The average molecular weight is 468 g/mol. The average Bonchev–Trinajstić information content (AvgIpc) is 3.44. The number of anilines is 2. The zero-order valence-electron chi connectivity index (χ0n) is 19.3. The molecule has 11 nitrogen and oxygen atoms in total. The number of carboxylic acid groups (broad SMARTS) is 1. The molecule has 0 radical (unpaired) electrons. The van der Waals surface area contributed by atoms with E-state index in [0.29, 0.717) is 29.8 Å². The second-order valence-corrected chi connectivity index (χ2v) is 8.26. The highest BCUT2D eigenvalue weighted by atomic mass is 16.5. The van der Waals surface area contributed by atoms with Gasteiger partial charge in [-0.1, -0.05) is 0 Å². The third-order valence-corrected chi connectivity index (χ3v) is 6.07. The van der Waals surface area contributed by atoms with Crippen molar-refractivity contribution in [3.8, 4) is 5.75 Å². The lowest BCUT2D eigenvalue weighted by Gasteiger charge is -2.37. The van der Waals surface area contributed by atoms with Crippen LogP contribution in [-0.4, -0.2) is 81.2 Å². The second kappa shape index (κ2) is 10.5. The van der Waals surface area contributed by atoms with E-state index in [1.807, 2.05) is 32.3 Å². The highest BCUT2D eigenvalue weighted by Gasteiger charge is 2.31. The molecule has 180 valence electrons. The Bertz CT molecular complexity index is 1150. The number of aryl methyl sites for hydroxylation is 1. The minimum Gasteiger partial charge on any atom is -0.493 e. The fourth-order valence-corrected chi connectivity index (χ4v) is 4.57. The monoisotopic (exact) mass is 467 g/mol. The molecule has 2 aliphatic heterocycles. The topological polar surface area (TPSA) is 126 Å². The summed E-state index contributed by atoms with van der Waals surface area (Å²) in [6.45, 7) is 6.33. The summed E-state index contributed by atoms with van der Waals surface area (Å²) in [5.41, 5.74) is 1.24. The molecule has 0 aliphatic carbocycles. The zero-order chi connectivity index (χ0) is 24.1. The number of nitrogens with one attached hydrogen (secondary N) is 1. The van der Waals surface area contributed by atoms with Crippen LogP contribution >= 0.6 is 0 Å². The number of aromatic nitrogens is 4. The zero-order valence-corrected chi connectivity index (χ0v) is 19.3. The number of ether oxygens (including phenoxy) is 1. The molecule has 2 fully saturated rings. The Morgan fingerprint density at radius 2 is 2.09 bits per heavy atom. The van der Waals surface area contributed by atoms with Crippen molar-refractivity contribution in [3.63, 3.8) is 0 Å². The van der Waals surface area contributed by atoms with Gasteiger partial charge in [0.25, 0.3) is 12.4 Å². The van der Waals surface area contributed by atoms with Crippen molar-refractivity contribution < 1.29 is 19.4 Å². The first-order chi connectivity index (χ1) is 16.5. The van der Waals surface area contributed by atoms with E-state index in [0.717, 1.165) is 36.4 Å². The van der Waals surface area contributed by atoms with Crippen molar-refractivity contribution in [2.75, 3.05) is 43.0 Å². The molecular formula is C23H29N7O4. The van der Waals surface area contributed by atoms with Gasteiger partial charge in [-0.15, -0.1) is 10.2 Å². The number of hydrogen-bond donors (Lipinski definition) is 2. The van der Waals surface area contributed by atoms with Crippen LogP contribution in [0.25, 0.3) is 10.9 Å². The first kappa shape index (κ1) is 23.4. The number of carbonyl (C=O) groups excluding carboxylic acids is 1. The van der Waals surface area contributed by atoms with Crippen molar-refractivity contribution in [1.29, 1.82) is 0 Å². The van der Waals surface area contributed by atoms with Gasteiger partial charge in [0, 0.05) is 50.4 Å². The molecule has 11 heteroatoms. The molecule has 5 rings (SSSR count). The summed E-state index contributed by atoms with van der Waals surface area (Å²) < 4.78 is 7.41. The van der Waals surface area contributed by atoms with Crippen molar-refractivity contribution in [2.45, 2.75) is 25.8 Å². The number of piperazine rings is 1. The number of fused-ring (bicyclic) bond motifs is 2. The van der Waals surface area contributed by atoms with E-state index >= 15 is 0 Å². The summed E-state index contributed by atoms with van der Waals surface area (Å²) in [5.74, 6) is 1.50. The maximum absolute atomic E-state index is 13.0. The molecule has 2 aliphatic rings. The van der Waals surface area contributed by atoms with Crippen molar-refractivity contribution in [2.24, 2.45) is 7.05 Å². The van der Waals surface area contributed by atoms with E-state index in [2.05, 4.69) is 30.4 Å². The van der Waals surface area contributed by atoms with Crippen LogP contribution < -0.4 is 15.0 Å². The Morgan fingerprint density at radius 1 is 1.26 bits per heavy atom. The van der Waals surface area contributed by atoms with Crippen LogP contribution in [0.1, 0.15) is 30.1 Å².